The SMILES string of the molecule is N#CS[P]. The van der Waals surface area contributed by atoms with Crippen molar-refractivity contribution in [2.75, 3.05) is 0 Å². The second kappa shape index (κ2) is 3.27. The van der Waals surface area contributed by atoms with Gasteiger partial charge in [0.2, 0.25) is 0 Å². The van der Waals surface area contributed by atoms with Crippen LogP contribution < -0.4 is 0 Å². The first-order valence-electron chi connectivity index (χ1n) is 0.610. The summed E-state index contributed by atoms with van der Waals surface area (Å²) < 4.78 is 0. The minimum absolute atomic E-state index is 0.856. The van der Waals surface area contributed by atoms with Crippen molar-refractivity contribution in [3.05, 3.63) is 0 Å². The molecule has 0 N–H and O–H groups in total. The number of hydrogen-bond acceptors (Lipinski definition) is 2. The van der Waals surface area contributed by atoms with Gasteiger partial charge >= 0.3 is 0 Å². The molecule has 0 bridgehead atoms. The molecule has 0 saturated heterocycles. The first-order chi connectivity index (χ1) is 1.91. The average molecular weight is 89.1 g/mol. The van der Waals surface area contributed by atoms with Crippen LogP contribution in [0.1, 0.15) is 0 Å². The Hall–Kier alpha value is 0.270. The minimum Gasteiger partial charge on any atom is -0.185 e. The smallest absolute Gasteiger partial charge is 0.138 e. The van der Waals surface area contributed by atoms with Gasteiger partial charge in [-0.2, -0.15) is 5.26 Å². The molecule has 20 valence electrons. The lowest BCUT2D eigenvalue weighted by atomic mass is 11.8. The molecular formula is CNPS. The van der Waals surface area contributed by atoms with Crippen molar-refractivity contribution in [1.29, 1.82) is 5.26 Å². The van der Waals surface area contributed by atoms with Gasteiger partial charge in [0.15, 0.2) is 0 Å². The van der Waals surface area contributed by atoms with Crippen molar-refractivity contribution < 1.29 is 0 Å². The van der Waals surface area contributed by atoms with E-state index in [0.29, 0.717) is 0 Å². The van der Waals surface area contributed by atoms with Gasteiger partial charge in [0.1, 0.15) is 5.40 Å². The third-order valence-corrected chi connectivity index (χ3v) is 0.367. The molecule has 0 rings (SSSR count). The van der Waals surface area contributed by atoms with Crippen molar-refractivity contribution in [3.63, 3.8) is 0 Å². The van der Waals surface area contributed by atoms with Crippen LogP contribution in [-0.2, 0) is 0 Å². The fourth-order valence-corrected chi connectivity index (χ4v) is 0. The summed E-state index contributed by atoms with van der Waals surface area (Å²) in [4.78, 5) is 0. The van der Waals surface area contributed by atoms with Crippen LogP contribution in [0.3, 0.4) is 0 Å². The predicted octanol–water partition coefficient (Wildman–Crippen LogP) is 1.53. The summed E-state index contributed by atoms with van der Waals surface area (Å²) in [5.41, 5.74) is 0. The number of thiocyanates is 1. The Kier molecular flexibility index (Phi) is 3.49. The molecule has 0 aliphatic heterocycles. The van der Waals surface area contributed by atoms with Gasteiger partial charge in [-0.1, -0.05) is 0 Å². The van der Waals surface area contributed by atoms with E-state index in [4.69, 9.17) is 5.26 Å². The highest BCUT2D eigenvalue weighted by Crippen LogP contribution is 2.04. The molecule has 0 fully saturated rings. The minimum atomic E-state index is 0.856. The quantitative estimate of drug-likeness (QED) is 0.332. The van der Waals surface area contributed by atoms with Gasteiger partial charge in [0, 0.05) is 0 Å². The summed E-state index contributed by atoms with van der Waals surface area (Å²) in [6.45, 7) is 0. The van der Waals surface area contributed by atoms with E-state index in [9.17, 15) is 0 Å². The molecular weight excluding hydrogens is 89.1 g/mol. The van der Waals surface area contributed by atoms with Crippen LogP contribution >= 0.6 is 19.8 Å². The van der Waals surface area contributed by atoms with Crippen LogP contribution in [0.2, 0.25) is 0 Å². The molecule has 1 nitrogen and oxygen atoms in total. The molecule has 3 heteroatoms. The van der Waals surface area contributed by atoms with Crippen molar-refractivity contribution in [2.45, 2.75) is 0 Å². The van der Waals surface area contributed by atoms with Gasteiger partial charge in [0.05, 0.1) is 8.44 Å². The van der Waals surface area contributed by atoms with Crippen molar-refractivity contribution >= 4 is 19.8 Å². The standard InChI is InChI=1S/CNPS/c2-1-4-3. The fourth-order valence-electron chi connectivity index (χ4n) is 0. The maximum atomic E-state index is 7.51. The molecule has 0 aromatic heterocycles. The summed E-state index contributed by atoms with van der Waals surface area (Å²) in [5, 5.41) is 9.22. The van der Waals surface area contributed by atoms with Gasteiger partial charge < -0.3 is 0 Å². The van der Waals surface area contributed by atoms with Crippen LogP contribution in [0.4, 0.5) is 0 Å². The summed E-state index contributed by atoms with van der Waals surface area (Å²) in [5.74, 6) is 0. The van der Waals surface area contributed by atoms with E-state index < -0.39 is 0 Å². The largest absolute Gasteiger partial charge is 0.185 e. The van der Waals surface area contributed by atoms with Gasteiger partial charge in [-0.05, 0) is 11.4 Å². The van der Waals surface area contributed by atoms with Gasteiger partial charge in [-0.3, -0.25) is 0 Å². The summed E-state index contributed by atoms with van der Waals surface area (Å²) in [6, 6.07) is 0. The van der Waals surface area contributed by atoms with E-state index in [2.05, 4.69) is 8.44 Å². The molecule has 4 heavy (non-hydrogen) atoms. The third-order valence-electron chi connectivity index (χ3n) is 0.0408. The molecule has 0 amide bonds. The number of nitrogens with zero attached hydrogens (tertiary/aromatic N) is 1. The van der Waals surface area contributed by atoms with Crippen LogP contribution in [0.15, 0.2) is 0 Å². The highest BCUT2D eigenvalue weighted by Gasteiger charge is 1.52. The van der Waals surface area contributed by atoms with Crippen LogP contribution in [0.5, 0.6) is 0 Å². The molecule has 0 heterocycles. The lowest BCUT2D eigenvalue weighted by molar-refractivity contribution is 1.57. The maximum Gasteiger partial charge on any atom is 0.138 e. The molecule has 2 radical (unpaired) electrons. The van der Waals surface area contributed by atoms with Gasteiger partial charge in [-0.25, -0.2) is 0 Å². The van der Waals surface area contributed by atoms with E-state index in [1.54, 1.807) is 5.40 Å². The first-order valence-corrected chi connectivity index (χ1v) is 2.48. The van der Waals surface area contributed by atoms with E-state index in [-0.39, 0.29) is 0 Å². The second-order valence-electron chi connectivity index (χ2n) is 0.183. The van der Waals surface area contributed by atoms with E-state index >= 15 is 0 Å². The van der Waals surface area contributed by atoms with Crippen LogP contribution in [-0.4, -0.2) is 0 Å². The number of rotatable bonds is 0. The van der Waals surface area contributed by atoms with Crippen LogP contribution in [0.25, 0.3) is 0 Å². The topological polar surface area (TPSA) is 23.8 Å². The Morgan fingerprint density at radius 2 is 2.25 bits per heavy atom. The summed E-state index contributed by atoms with van der Waals surface area (Å²) in [6.07, 6.45) is 0. The predicted molar refractivity (Wildman–Crippen MR) is 20.1 cm³/mol. The third kappa shape index (κ3) is 2.27. The first kappa shape index (κ1) is 4.27. The van der Waals surface area contributed by atoms with E-state index in [1.165, 1.54) is 0 Å². The molecule has 0 spiro atoms. The maximum absolute atomic E-state index is 7.51. The lowest BCUT2D eigenvalue weighted by Crippen LogP contribution is -1.10. The Balaban J connectivity index is 2.43. The molecule has 0 aromatic rings. The molecule has 0 saturated carbocycles. The zero-order valence-corrected chi connectivity index (χ0v) is 3.51. The van der Waals surface area contributed by atoms with Gasteiger partial charge in [0.25, 0.3) is 0 Å². The Labute approximate surface area is 31.3 Å². The average Bonchev–Trinajstić information content (AvgIpc) is 1.37. The highest BCUT2D eigenvalue weighted by atomic mass is 32.7. The summed E-state index contributed by atoms with van der Waals surface area (Å²) in [7, 11) is 3.48. The highest BCUT2D eigenvalue weighted by molar-refractivity contribution is 8.46. The van der Waals surface area contributed by atoms with E-state index in [0.717, 1.165) is 11.4 Å². The Bertz CT molecular complexity index is 37.8. The zero-order chi connectivity index (χ0) is 3.41. The van der Waals surface area contributed by atoms with E-state index in [1.807, 2.05) is 0 Å². The Morgan fingerprint density at radius 3 is 2.25 bits per heavy atom. The van der Waals surface area contributed by atoms with Crippen molar-refractivity contribution in [3.8, 4) is 5.40 Å². The molecule has 0 aliphatic carbocycles. The molecule has 0 aromatic carbocycles. The number of nitriles is 1. The fraction of sp³-hybridized carbons (Fsp3) is 0. The number of hydrogen-bond donors (Lipinski definition) is 0. The molecule has 0 atom stereocenters. The van der Waals surface area contributed by atoms with Gasteiger partial charge in [-0.15, -0.1) is 0 Å². The molecule has 0 aliphatic rings. The molecule has 0 unspecified atom stereocenters. The normalized spacial score (nSPS) is 5.00. The Morgan fingerprint density at radius 1 is 2.00 bits per heavy atom. The second-order valence-corrected chi connectivity index (χ2v) is 1.10. The lowest BCUT2D eigenvalue weighted by Gasteiger charge is -1.44. The van der Waals surface area contributed by atoms with Crippen molar-refractivity contribution in [1.82, 2.24) is 0 Å². The summed E-state index contributed by atoms with van der Waals surface area (Å²) >= 11 is 0.856. The zero-order valence-electron chi connectivity index (χ0n) is 1.80. The van der Waals surface area contributed by atoms with Crippen LogP contribution in [0, 0.1) is 10.7 Å². The van der Waals surface area contributed by atoms with Crippen molar-refractivity contribution in [2.24, 2.45) is 0 Å². The monoisotopic (exact) mass is 88.9 g/mol.